The summed E-state index contributed by atoms with van der Waals surface area (Å²) in [5, 5.41) is 0.204. The van der Waals surface area contributed by atoms with Gasteiger partial charge in [0.15, 0.2) is 5.78 Å². The largest absolute Gasteiger partial charge is 0.293 e. The zero-order chi connectivity index (χ0) is 10.0. The van der Waals surface area contributed by atoms with E-state index in [0.717, 1.165) is 5.56 Å². The van der Waals surface area contributed by atoms with Gasteiger partial charge in [0.25, 0.3) is 0 Å². The summed E-state index contributed by atoms with van der Waals surface area (Å²) in [7, 11) is 0. The van der Waals surface area contributed by atoms with Gasteiger partial charge in [-0.25, -0.2) is 4.39 Å². The lowest BCUT2D eigenvalue weighted by atomic mass is 10.1. The van der Waals surface area contributed by atoms with Crippen molar-refractivity contribution in [3.05, 3.63) is 33.5 Å². The Bertz CT molecular complexity index is 350. The van der Waals surface area contributed by atoms with Gasteiger partial charge in [-0.15, -0.1) is 0 Å². The van der Waals surface area contributed by atoms with Crippen LogP contribution in [0.25, 0.3) is 0 Å². The first kappa shape index (κ1) is 10.9. The highest BCUT2D eigenvalue weighted by atomic mass is 79.9. The molecule has 0 unspecified atom stereocenters. The van der Waals surface area contributed by atoms with E-state index in [-0.39, 0.29) is 15.6 Å². The number of carbonyl (C=O) groups is 1. The van der Waals surface area contributed by atoms with Crippen LogP contribution in [0, 0.1) is 12.7 Å². The minimum Gasteiger partial charge on any atom is -0.293 e. The summed E-state index contributed by atoms with van der Waals surface area (Å²) in [4.78, 5) is 11.4. The number of aryl methyl sites for hydroxylation is 1. The SMILES string of the molecule is Cc1ccc(F)c(Br)c1C(=O)CBr. The smallest absolute Gasteiger partial charge is 0.174 e. The number of ketones is 1. The Morgan fingerprint density at radius 3 is 2.69 bits per heavy atom. The molecular formula is C9H7Br2FO. The normalized spacial score (nSPS) is 10.2. The molecular weight excluding hydrogens is 303 g/mol. The summed E-state index contributed by atoms with van der Waals surface area (Å²) in [6.45, 7) is 1.78. The molecule has 0 aliphatic rings. The third-order valence-corrected chi connectivity index (χ3v) is 2.99. The van der Waals surface area contributed by atoms with Crippen LogP contribution in [-0.4, -0.2) is 11.1 Å². The molecule has 0 N–H and O–H groups in total. The van der Waals surface area contributed by atoms with E-state index in [1.165, 1.54) is 6.07 Å². The first-order valence-electron chi connectivity index (χ1n) is 3.61. The number of benzene rings is 1. The molecule has 1 aromatic rings. The van der Waals surface area contributed by atoms with Crippen LogP contribution in [0.3, 0.4) is 0 Å². The fraction of sp³-hybridized carbons (Fsp3) is 0.222. The van der Waals surface area contributed by atoms with Gasteiger partial charge < -0.3 is 0 Å². The van der Waals surface area contributed by atoms with Crippen LogP contribution in [0.15, 0.2) is 16.6 Å². The van der Waals surface area contributed by atoms with Crippen molar-refractivity contribution in [3.8, 4) is 0 Å². The van der Waals surface area contributed by atoms with Gasteiger partial charge in [-0.05, 0) is 34.5 Å². The summed E-state index contributed by atoms with van der Waals surface area (Å²) in [5.41, 5.74) is 1.19. The molecule has 0 amide bonds. The van der Waals surface area contributed by atoms with Gasteiger partial charge in [0.2, 0.25) is 0 Å². The minimum absolute atomic E-state index is 0.121. The molecule has 0 heterocycles. The molecule has 0 fully saturated rings. The van der Waals surface area contributed by atoms with Crippen LogP contribution in [0.5, 0.6) is 0 Å². The van der Waals surface area contributed by atoms with E-state index in [4.69, 9.17) is 0 Å². The fourth-order valence-electron chi connectivity index (χ4n) is 1.06. The molecule has 1 nitrogen and oxygen atoms in total. The van der Waals surface area contributed by atoms with Crippen molar-refractivity contribution in [2.45, 2.75) is 6.92 Å². The first-order valence-corrected chi connectivity index (χ1v) is 5.53. The van der Waals surface area contributed by atoms with E-state index < -0.39 is 5.82 Å². The Balaban J connectivity index is 3.33. The third-order valence-electron chi connectivity index (χ3n) is 1.70. The van der Waals surface area contributed by atoms with Crippen molar-refractivity contribution in [2.75, 3.05) is 5.33 Å². The number of alkyl halides is 1. The van der Waals surface area contributed by atoms with Crippen LogP contribution in [0.4, 0.5) is 4.39 Å². The standard InChI is InChI=1S/C9H7Br2FO/c1-5-2-3-6(12)9(11)8(5)7(13)4-10/h2-3H,4H2,1H3. The average molecular weight is 310 g/mol. The van der Waals surface area contributed by atoms with Crippen molar-refractivity contribution in [2.24, 2.45) is 0 Å². The predicted octanol–water partition coefficient (Wildman–Crippen LogP) is 3.47. The Morgan fingerprint density at radius 2 is 2.15 bits per heavy atom. The van der Waals surface area contributed by atoms with Gasteiger partial charge in [0.05, 0.1) is 9.80 Å². The molecule has 0 bridgehead atoms. The first-order chi connectivity index (χ1) is 6.07. The quantitative estimate of drug-likeness (QED) is 0.604. The Hall–Kier alpha value is -0.220. The molecule has 1 aromatic carbocycles. The van der Waals surface area contributed by atoms with Gasteiger partial charge in [0, 0.05) is 5.56 Å². The molecule has 0 aliphatic carbocycles. The fourth-order valence-corrected chi connectivity index (χ4v) is 2.00. The topological polar surface area (TPSA) is 17.1 Å². The highest BCUT2D eigenvalue weighted by Gasteiger charge is 2.14. The van der Waals surface area contributed by atoms with Gasteiger partial charge in [-0.3, -0.25) is 4.79 Å². The second-order valence-corrected chi connectivity index (χ2v) is 3.96. The second-order valence-electron chi connectivity index (χ2n) is 2.61. The summed E-state index contributed by atoms with van der Waals surface area (Å²) in [6.07, 6.45) is 0. The maximum absolute atomic E-state index is 13.0. The highest BCUT2D eigenvalue weighted by molar-refractivity contribution is 9.10. The van der Waals surface area contributed by atoms with E-state index in [1.54, 1.807) is 13.0 Å². The third kappa shape index (κ3) is 2.17. The minimum atomic E-state index is -0.407. The molecule has 0 atom stereocenters. The van der Waals surface area contributed by atoms with Gasteiger partial charge in [-0.2, -0.15) is 0 Å². The summed E-state index contributed by atoms with van der Waals surface area (Å²) in [5.74, 6) is -0.529. The number of halogens is 3. The van der Waals surface area contributed by atoms with E-state index >= 15 is 0 Å². The molecule has 0 radical (unpaired) electrons. The predicted molar refractivity (Wildman–Crippen MR) is 57.0 cm³/mol. The Labute approximate surface area is 92.6 Å². The van der Waals surface area contributed by atoms with Crippen molar-refractivity contribution in [3.63, 3.8) is 0 Å². The number of Topliss-reactive ketones (excluding diaryl/α,β-unsaturated/α-hetero) is 1. The van der Waals surface area contributed by atoms with Crippen molar-refractivity contribution >= 4 is 37.6 Å². The van der Waals surface area contributed by atoms with E-state index in [2.05, 4.69) is 31.9 Å². The lowest BCUT2D eigenvalue weighted by Crippen LogP contribution is -2.05. The second kappa shape index (κ2) is 4.33. The lowest BCUT2D eigenvalue weighted by molar-refractivity contribution is 0.102. The number of hydrogen-bond donors (Lipinski definition) is 0. The van der Waals surface area contributed by atoms with Gasteiger partial charge in [-0.1, -0.05) is 22.0 Å². The monoisotopic (exact) mass is 308 g/mol. The molecule has 0 aliphatic heterocycles. The molecule has 0 saturated heterocycles. The summed E-state index contributed by atoms with van der Waals surface area (Å²) in [6, 6.07) is 2.93. The zero-order valence-electron chi connectivity index (χ0n) is 6.90. The van der Waals surface area contributed by atoms with Crippen molar-refractivity contribution in [1.29, 1.82) is 0 Å². The van der Waals surface area contributed by atoms with Crippen molar-refractivity contribution < 1.29 is 9.18 Å². The van der Waals surface area contributed by atoms with Crippen LogP contribution in [0.1, 0.15) is 15.9 Å². The molecule has 1 rings (SSSR count). The Morgan fingerprint density at radius 1 is 1.54 bits per heavy atom. The van der Waals surface area contributed by atoms with Crippen LogP contribution < -0.4 is 0 Å². The molecule has 0 saturated carbocycles. The average Bonchev–Trinajstić information content (AvgIpc) is 2.12. The van der Waals surface area contributed by atoms with Crippen LogP contribution in [0.2, 0.25) is 0 Å². The molecule has 70 valence electrons. The van der Waals surface area contributed by atoms with Gasteiger partial charge in [0.1, 0.15) is 5.82 Å². The maximum atomic E-state index is 13.0. The zero-order valence-corrected chi connectivity index (χ0v) is 10.1. The number of hydrogen-bond acceptors (Lipinski definition) is 1. The van der Waals surface area contributed by atoms with E-state index in [1.807, 2.05) is 0 Å². The van der Waals surface area contributed by atoms with Crippen molar-refractivity contribution in [1.82, 2.24) is 0 Å². The number of rotatable bonds is 2. The maximum Gasteiger partial charge on any atom is 0.174 e. The van der Waals surface area contributed by atoms with Gasteiger partial charge >= 0.3 is 0 Å². The van der Waals surface area contributed by atoms with Crippen LogP contribution in [-0.2, 0) is 0 Å². The van der Waals surface area contributed by atoms with E-state index in [0.29, 0.717) is 5.56 Å². The van der Waals surface area contributed by atoms with Crippen LogP contribution >= 0.6 is 31.9 Å². The molecule has 0 aromatic heterocycles. The Kier molecular flexibility index (Phi) is 3.62. The molecule has 13 heavy (non-hydrogen) atoms. The summed E-state index contributed by atoms with van der Waals surface area (Å²) < 4.78 is 13.3. The number of carbonyl (C=O) groups excluding carboxylic acids is 1. The molecule has 0 spiro atoms. The lowest BCUT2D eigenvalue weighted by Gasteiger charge is -2.05. The highest BCUT2D eigenvalue weighted by Crippen LogP contribution is 2.24. The summed E-state index contributed by atoms with van der Waals surface area (Å²) >= 11 is 6.11. The molecule has 4 heteroatoms. The van der Waals surface area contributed by atoms with E-state index in [9.17, 15) is 9.18 Å².